The summed E-state index contributed by atoms with van der Waals surface area (Å²) in [6.45, 7) is 2.92. The number of amides is 2. The van der Waals surface area contributed by atoms with Crippen molar-refractivity contribution in [3.8, 4) is 0 Å². The van der Waals surface area contributed by atoms with Gasteiger partial charge in [0.05, 0.1) is 5.92 Å². The predicted octanol–water partition coefficient (Wildman–Crippen LogP) is 2.47. The molecule has 0 radical (unpaired) electrons. The van der Waals surface area contributed by atoms with Crippen LogP contribution in [0.4, 0.5) is 0 Å². The molecule has 5 heteroatoms. The lowest BCUT2D eigenvalue weighted by Gasteiger charge is -2.30. The molecule has 1 aromatic rings. The first kappa shape index (κ1) is 15.6. The summed E-state index contributed by atoms with van der Waals surface area (Å²) in [6, 6.07) is 7.41. The van der Waals surface area contributed by atoms with Gasteiger partial charge in [-0.1, -0.05) is 29.8 Å². The standard InChI is InChI=1S/C16H19ClN2O2/c1-11(13-6-2-3-7-14(13)17)9-15(20)19-8-4-5-12(10-19)16(18)21/h2-3,6-7,9,12H,4-5,8,10H2,1H3,(H2,18,21)/b11-9-/t12-/m0/s1. The second-order valence-corrected chi connectivity index (χ2v) is 5.74. The molecule has 1 heterocycles. The lowest BCUT2D eigenvalue weighted by atomic mass is 9.97. The van der Waals surface area contributed by atoms with Gasteiger partial charge >= 0.3 is 0 Å². The molecule has 1 aliphatic rings. The van der Waals surface area contributed by atoms with Crippen LogP contribution in [-0.4, -0.2) is 29.8 Å². The molecule has 0 saturated carbocycles. The van der Waals surface area contributed by atoms with E-state index in [1.165, 1.54) is 0 Å². The lowest BCUT2D eigenvalue weighted by molar-refractivity contribution is -0.130. The summed E-state index contributed by atoms with van der Waals surface area (Å²) in [5.74, 6) is -0.672. The molecule has 0 unspecified atom stereocenters. The molecule has 112 valence electrons. The van der Waals surface area contributed by atoms with E-state index in [0.29, 0.717) is 18.1 Å². The Morgan fingerprint density at radius 3 is 2.76 bits per heavy atom. The Morgan fingerprint density at radius 1 is 1.38 bits per heavy atom. The van der Waals surface area contributed by atoms with Crippen LogP contribution in [0.3, 0.4) is 0 Å². The van der Waals surface area contributed by atoms with Gasteiger partial charge in [-0.05, 0) is 37.0 Å². The Labute approximate surface area is 129 Å². The molecule has 0 bridgehead atoms. The average molecular weight is 307 g/mol. The monoisotopic (exact) mass is 306 g/mol. The predicted molar refractivity (Wildman–Crippen MR) is 83.6 cm³/mol. The fourth-order valence-corrected chi connectivity index (χ4v) is 2.83. The number of hydrogen-bond acceptors (Lipinski definition) is 2. The maximum absolute atomic E-state index is 12.3. The van der Waals surface area contributed by atoms with Gasteiger partial charge in [-0.25, -0.2) is 0 Å². The van der Waals surface area contributed by atoms with Gasteiger partial charge in [0.15, 0.2) is 0 Å². The molecule has 1 atom stereocenters. The van der Waals surface area contributed by atoms with E-state index in [9.17, 15) is 9.59 Å². The smallest absolute Gasteiger partial charge is 0.246 e. The summed E-state index contributed by atoms with van der Waals surface area (Å²) in [4.78, 5) is 25.3. The fraction of sp³-hybridized carbons (Fsp3) is 0.375. The zero-order valence-electron chi connectivity index (χ0n) is 12.0. The number of carbonyl (C=O) groups is 2. The normalized spacial score (nSPS) is 19.4. The maximum Gasteiger partial charge on any atom is 0.246 e. The van der Waals surface area contributed by atoms with E-state index in [1.54, 1.807) is 17.0 Å². The number of primary amides is 1. The van der Waals surface area contributed by atoms with Crippen molar-refractivity contribution in [2.45, 2.75) is 19.8 Å². The lowest BCUT2D eigenvalue weighted by Crippen LogP contribution is -2.43. The number of allylic oxidation sites excluding steroid dienone is 1. The Kier molecular flexibility index (Phi) is 5.02. The minimum Gasteiger partial charge on any atom is -0.369 e. The molecule has 0 aromatic heterocycles. The van der Waals surface area contributed by atoms with Crippen molar-refractivity contribution < 1.29 is 9.59 Å². The van der Waals surface area contributed by atoms with Gasteiger partial charge in [0, 0.05) is 24.2 Å². The van der Waals surface area contributed by atoms with Gasteiger partial charge in [-0.15, -0.1) is 0 Å². The first-order valence-corrected chi connectivity index (χ1v) is 7.38. The summed E-state index contributed by atoms with van der Waals surface area (Å²) >= 11 is 6.13. The van der Waals surface area contributed by atoms with Crippen molar-refractivity contribution in [1.29, 1.82) is 0 Å². The summed E-state index contributed by atoms with van der Waals surface area (Å²) in [6.07, 6.45) is 3.13. The molecule has 2 amide bonds. The number of benzene rings is 1. The number of carbonyl (C=O) groups excluding carboxylic acids is 2. The van der Waals surface area contributed by atoms with Crippen molar-refractivity contribution >= 4 is 29.0 Å². The highest BCUT2D eigenvalue weighted by atomic mass is 35.5. The summed E-state index contributed by atoms with van der Waals surface area (Å²) < 4.78 is 0. The van der Waals surface area contributed by atoms with E-state index in [4.69, 9.17) is 17.3 Å². The third kappa shape index (κ3) is 3.85. The quantitative estimate of drug-likeness (QED) is 0.872. The zero-order chi connectivity index (χ0) is 15.4. The van der Waals surface area contributed by atoms with Gasteiger partial charge in [0.25, 0.3) is 0 Å². The van der Waals surface area contributed by atoms with Crippen LogP contribution in [0.5, 0.6) is 0 Å². The molecular weight excluding hydrogens is 288 g/mol. The largest absolute Gasteiger partial charge is 0.369 e. The fourth-order valence-electron chi connectivity index (χ4n) is 2.54. The van der Waals surface area contributed by atoms with Crippen LogP contribution in [0, 0.1) is 5.92 Å². The molecule has 1 aliphatic heterocycles. The SMILES string of the molecule is C/C(=C/C(=O)N1CCC[C@H](C(N)=O)C1)c1ccccc1Cl. The van der Waals surface area contributed by atoms with Crippen LogP contribution in [-0.2, 0) is 9.59 Å². The second kappa shape index (κ2) is 6.76. The van der Waals surface area contributed by atoms with Gasteiger partial charge in [0.1, 0.15) is 0 Å². The van der Waals surface area contributed by atoms with E-state index in [0.717, 1.165) is 24.0 Å². The maximum atomic E-state index is 12.3. The van der Waals surface area contributed by atoms with Gasteiger partial charge in [-0.2, -0.15) is 0 Å². The second-order valence-electron chi connectivity index (χ2n) is 5.33. The van der Waals surface area contributed by atoms with E-state index < -0.39 is 0 Å². The summed E-state index contributed by atoms with van der Waals surface area (Å²) in [5.41, 5.74) is 6.99. The topological polar surface area (TPSA) is 63.4 Å². The number of piperidine rings is 1. The van der Waals surface area contributed by atoms with Crippen LogP contribution in [0.25, 0.3) is 5.57 Å². The molecular formula is C16H19ClN2O2. The molecule has 0 aliphatic carbocycles. The highest BCUT2D eigenvalue weighted by Crippen LogP contribution is 2.24. The highest BCUT2D eigenvalue weighted by Gasteiger charge is 2.26. The van der Waals surface area contributed by atoms with Crippen molar-refractivity contribution in [3.05, 3.63) is 40.9 Å². The van der Waals surface area contributed by atoms with E-state index in [2.05, 4.69) is 0 Å². The number of nitrogens with zero attached hydrogens (tertiary/aromatic N) is 1. The Bertz CT molecular complexity index is 583. The first-order chi connectivity index (χ1) is 9.99. The van der Waals surface area contributed by atoms with Crippen LogP contribution >= 0.6 is 11.6 Å². The number of likely N-dealkylation sites (tertiary alicyclic amines) is 1. The molecule has 0 spiro atoms. The average Bonchev–Trinajstić information content (AvgIpc) is 2.47. The van der Waals surface area contributed by atoms with Crippen molar-refractivity contribution in [3.63, 3.8) is 0 Å². The Hall–Kier alpha value is -1.81. The Morgan fingerprint density at radius 2 is 2.10 bits per heavy atom. The van der Waals surface area contributed by atoms with Gasteiger partial charge < -0.3 is 10.6 Å². The molecule has 1 saturated heterocycles. The number of hydrogen-bond donors (Lipinski definition) is 1. The van der Waals surface area contributed by atoms with Crippen LogP contribution in [0.1, 0.15) is 25.3 Å². The van der Waals surface area contributed by atoms with Gasteiger partial charge in [-0.3, -0.25) is 9.59 Å². The van der Waals surface area contributed by atoms with E-state index in [-0.39, 0.29) is 17.7 Å². The zero-order valence-corrected chi connectivity index (χ0v) is 12.8. The number of halogens is 1. The van der Waals surface area contributed by atoms with Crippen molar-refractivity contribution in [2.24, 2.45) is 11.7 Å². The molecule has 4 nitrogen and oxygen atoms in total. The minimum absolute atomic E-state index is 0.0987. The van der Waals surface area contributed by atoms with Crippen molar-refractivity contribution in [1.82, 2.24) is 4.90 Å². The molecule has 1 fully saturated rings. The molecule has 1 aromatic carbocycles. The van der Waals surface area contributed by atoms with Crippen LogP contribution in [0.2, 0.25) is 5.02 Å². The summed E-state index contributed by atoms with van der Waals surface area (Å²) in [5, 5.41) is 0.618. The number of nitrogens with two attached hydrogens (primary N) is 1. The van der Waals surface area contributed by atoms with Gasteiger partial charge in [0.2, 0.25) is 11.8 Å². The molecule has 2 rings (SSSR count). The van der Waals surface area contributed by atoms with Crippen LogP contribution in [0.15, 0.2) is 30.3 Å². The Balaban J connectivity index is 2.11. The summed E-state index contributed by atoms with van der Waals surface area (Å²) in [7, 11) is 0. The van der Waals surface area contributed by atoms with E-state index in [1.807, 2.05) is 25.1 Å². The van der Waals surface area contributed by atoms with Crippen LogP contribution < -0.4 is 5.73 Å². The first-order valence-electron chi connectivity index (χ1n) is 7.00. The molecule has 2 N–H and O–H groups in total. The highest BCUT2D eigenvalue weighted by molar-refractivity contribution is 6.32. The molecule has 21 heavy (non-hydrogen) atoms. The third-order valence-electron chi connectivity index (χ3n) is 3.77. The van der Waals surface area contributed by atoms with E-state index >= 15 is 0 Å². The van der Waals surface area contributed by atoms with Crippen molar-refractivity contribution in [2.75, 3.05) is 13.1 Å². The third-order valence-corrected chi connectivity index (χ3v) is 4.10. The number of rotatable bonds is 3. The minimum atomic E-state index is -0.334.